The second-order valence-corrected chi connectivity index (χ2v) is 6.45. The number of aryl methyl sites for hydroxylation is 1. The van der Waals surface area contributed by atoms with Gasteiger partial charge in [-0.15, -0.1) is 0 Å². The number of nitrogens with one attached hydrogen (secondary N) is 1. The molecule has 1 aromatic heterocycles. The van der Waals surface area contributed by atoms with Crippen LogP contribution >= 0.6 is 35.0 Å². The molecule has 1 aromatic carbocycles. The summed E-state index contributed by atoms with van der Waals surface area (Å²) in [6.45, 7) is 1.85. The minimum atomic E-state index is -0.566. The van der Waals surface area contributed by atoms with Gasteiger partial charge < -0.3 is 14.9 Å². The third-order valence-electron chi connectivity index (χ3n) is 2.82. The predicted octanol–water partition coefficient (Wildman–Crippen LogP) is 2.39. The first kappa shape index (κ1) is 16.9. The van der Waals surface area contributed by atoms with E-state index in [0.717, 1.165) is 11.8 Å². The van der Waals surface area contributed by atoms with Crippen LogP contribution < -0.4 is 15.1 Å². The summed E-state index contributed by atoms with van der Waals surface area (Å²) in [5, 5.41) is 18.4. The highest BCUT2D eigenvalue weighted by Crippen LogP contribution is 2.30. The molecular formula is C13H13Cl2N3O3S. The van der Waals surface area contributed by atoms with Crippen LogP contribution in [-0.2, 0) is 11.8 Å². The highest BCUT2D eigenvalue weighted by atomic mass is 35.5. The molecule has 0 radical (unpaired) electrons. The number of thioether (sulfide) groups is 1. The first-order chi connectivity index (χ1) is 10.4. The highest BCUT2D eigenvalue weighted by molar-refractivity contribution is 8.00. The Hall–Kier alpha value is -1.44. The van der Waals surface area contributed by atoms with E-state index in [1.807, 2.05) is 6.92 Å². The minimum Gasteiger partial charge on any atom is -0.538 e. The lowest BCUT2D eigenvalue weighted by Gasteiger charge is -2.13. The van der Waals surface area contributed by atoms with E-state index in [1.54, 1.807) is 25.2 Å². The van der Waals surface area contributed by atoms with Crippen molar-refractivity contribution in [3.8, 4) is 5.95 Å². The number of carbonyl (C=O) groups excluding carboxylic acids is 1. The molecule has 22 heavy (non-hydrogen) atoms. The van der Waals surface area contributed by atoms with Gasteiger partial charge in [-0.3, -0.25) is 4.79 Å². The zero-order chi connectivity index (χ0) is 16.3. The molecule has 1 unspecified atom stereocenters. The van der Waals surface area contributed by atoms with Crippen molar-refractivity contribution in [1.29, 1.82) is 0 Å². The van der Waals surface area contributed by atoms with Gasteiger partial charge in [-0.05, 0) is 36.4 Å². The van der Waals surface area contributed by atoms with Crippen molar-refractivity contribution < 1.29 is 19.1 Å². The van der Waals surface area contributed by atoms with E-state index in [0.29, 0.717) is 22.2 Å². The van der Waals surface area contributed by atoms with Crippen molar-refractivity contribution in [2.24, 2.45) is 7.05 Å². The van der Waals surface area contributed by atoms with Crippen LogP contribution in [0, 0.1) is 0 Å². The largest absolute Gasteiger partial charge is 0.538 e. The summed E-state index contributed by atoms with van der Waals surface area (Å²) in [5.41, 5.74) is 0.465. The number of amides is 1. The van der Waals surface area contributed by atoms with Crippen LogP contribution in [0.2, 0.25) is 10.0 Å². The van der Waals surface area contributed by atoms with Crippen LogP contribution in [-0.4, -0.2) is 16.4 Å². The molecule has 0 saturated carbocycles. The molecule has 0 saturated heterocycles. The summed E-state index contributed by atoms with van der Waals surface area (Å²) in [4.78, 5) is 12.3. The Morgan fingerprint density at radius 3 is 2.82 bits per heavy atom. The molecule has 0 bridgehead atoms. The van der Waals surface area contributed by atoms with Gasteiger partial charge in [-0.25, -0.2) is 0 Å². The number of hydrogen-bond acceptors (Lipinski definition) is 5. The first-order valence-corrected chi connectivity index (χ1v) is 8.01. The number of carbonyl (C=O) groups is 1. The van der Waals surface area contributed by atoms with Crippen LogP contribution in [0.15, 0.2) is 27.7 Å². The van der Waals surface area contributed by atoms with Gasteiger partial charge in [-0.2, -0.15) is 0 Å². The molecule has 0 aliphatic heterocycles. The zero-order valence-electron chi connectivity index (χ0n) is 11.8. The minimum absolute atomic E-state index is 0.266. The molecule has 1 atom stereocenters. The number of anilines is 1. The Balaban J connectivity index is 2.12. The maximum Gasteiger partial charge on any atom is 0.291 e. The third-order valence-corrected chi connectivity index (χ3v) is 4.85. The van der Waals surface area contributed by atoms with Crippen LogP contribution in [0.25, 0.3) is 0 Å². The third kappa shape index (κ3) is 3.85. The Morgan fingerprint density at radius 1 is 1.55 bits per heavy atom. The zero-order valence-corrected chi connectivity index (χ0v) is 14.1. The van der Waals surface area contributed by atoms with Gasteiger partial charge in [0.2, 0.25) is 5.91 Å². The summed E-state index contributed by atoms with van der Waals surface area (Å²) >= 11 is 12.9. The van der Waals surface area contributed by atoms with Gasteiger partial charge in [0.25, 0.3) is 5.03 Å². The van der Waals surface area contributed by atoms with Crippen molar-refractivity contribution >= 4 is 46.6 Å². The topological polar surface area (TPSA) is 82.1 Å². The molecule has 1 amide bonds. The van der Waals surface area contributed by atoms with E-state index < -0.39 is 11.2 Å². The van der Waals surface area contributed by atoms with Crippen molar-refractivity contribution in [2.45, 2.75) is 23.6 Å². The van der Waals surface area contributed by atoms with Crippen LogP contribution in [0.4, 0.5) is 5.69 Å². The molecule has 0 aliphatic rings. The van der Waals surface area contributed by atoms with E-state index in [1.165, 1.54) is 4.68 Å². The second-order valence-electron chi connectivity index (χ2n) is 4.42. The Bertz CT molecular complexity index is 674. The molecular weight excluding hydrogens is 349 g/mol. The molecule has 118 valence electrons. The van der Waals surface area contributed by atoms with Crippen LogP contribution in [0.3, 0.4) is 0 Å². The summed E-state index contributed by atoms with van der Waals surface area (Å²) in [7, 11) is 1.58. The lowest BCUT2D eigenvalue weighted by molar-refractivity contribution is -0.772. The van der Waals surface area contributed by atoms with E-state index in [-0.39, 0.29) is 10.9 Å². The van der Waals surface area contributed by atoms with Gasteiger partial charge in [0.05, 0.1) is 21.2 Å². The maximum atomic E-state index is 12.3. The lowest BCUT2D eigenvalue weighted by Crippen LogP contribution is -2.34. The Morgan fingerprint density at radius 2 is 2.27 bits per heavy atom. The van der Waals surface area contributed by atoms with E-state index in [4.69, 9.17) is 23.2 Å². The quantitative estimate of drug-likeness (QED) is 0.652. The predicted molar refractivity (Wildman–Crippen MR) is 82.2 cm³/mol. The fourth-order valence-electron chi connectivity index (χ4n) is 1.69. The highest BCUT2D eigenvalue weighted by Gasteiger charge is 2.25. The fraction of sp³-hybridized carbons (Fsp3) is 0.308. The van der Waals surface area contributed by atoms with Gasteiger partial charge >= 0.3 is 0 Å². The van der Waals surface area contributed by atoms with Gasteiger partial charge in [0.1, 0.15) is 0 Å². The normalized spacial score (nSPS) is 12.2. The molecule has 0 aliphatic carbocycles. The molecule has 1 heterocycles. The van der Waals surface area contributed by atoms with E-state index in [2.05, 4.69) is 15.1 Å². The maximum absolute atomic E-state index is 12.3. The average molecular weight is 362 g/mol. The number of rotatable bonds is 5. The first-order valence-electron chi connectivity index (χ1n) is 6.38. The van der Waals surface area contributed by atoms with Crippen molar-refractivity contribution in [1.82, 2.24) is 5.27 Å². The Labute approximate surface area is 141 Å². The van der Waals surface area contributed by atoms with Crippen molar-refractivity contribution in [2.75, 3.05) is 5.32 Å². The van der Waals surface area contributed by atoms with Gasteiger partial charge in [0, 0.05) is 5.02 Å². The Kier molecular flexibility index (Phi) is 5.55. The molecule has 0 spiro atoms. The lowest BCUT2D eigenvalue weighted by atomic mass is 10.2. The average Bonchev–Trinajstić information content (AvgIpc) is 2.78. The molecule has 1 N–H and O–H groups in total. The van der Waals surface area contributed by atoms with E-state index >= 15 is 0 Å². The fourth-order valence-corrected chi connectivity index (χ4v) is 3.07. The standard InChI is InChI=1S/C13H13Cl2N3O3S/c1-3-10(22-12-13(20)21-17-18(12)2)11(19)16-9-5-4-7(14)6-8(9)15/h4-6,10H,3H2,1-2H3,(H-,16,17,19,20). The van der Waals surface area contributed by atoms with Gasteiger partial charge in [-0.1, -0.05) is 34.8 Å². The number of halogens is 2. The number of hydrogen-bond donors (Lipinski definition) is 1. The molecule has 2 rings (SSSR count). The monoisotopic (exact) mass is 361 g/mol. The smallest absolute Gasteiger partial charge is 0.291 e. The summed E-state index contributed by atoms with van der Waals surface area (Å²) < 4.78 is 5.84. The molecule has 6 nitrogen and oxygen atoms in total. The summed E-state index contributed by atoms with van der Waals surface area (Å²) in [5.74, 6) is -0.833. The number of benzene rings is 1. The van der Waals surface area contributed by atoms with Crippen LogP contribution in [0.1, 0.15) is 13.3 Å². The molecule has 9 heteroatoms. The van der Waals surface area contributed by atoms with E-state index in [9.17, 15) is 9.90 Å². The number of aromatic nitrogens is 2. The summed E-state index contributed by atoms with van der Waals surface area (Å²) in [6.07, 6.45) is 0.520. The molecule has 2 aromatic rings. The molecule has 0 fully saturated rings. The van der Waals surface area contributed by atoms with Crippen LogP contribution in [0.5, 0.6) is 5.95 Å². The summed E-state index contributed by atoms with van der Waals surface area (Å²) in [6, 6.07) is 4.80. The SMILES string of the molecule is CCC(Sc1c([O-])on[n+]1C)C(=O)Nc1ccc(Cl)cc1Cl. The van der Waals surface area contributed by atoms with Crippen molar-refractivity contribution in [3.05, 3.63) is 28.2 Å². The second kappa shape index (κ2) is 7.21. The number of nitrogens with zero attached hydrogens (tertiary/aromatic N) is 2. The van der Waals surface area contributed by atoms with Crippen molar-refractivity contribution in [3.63, 3.8) is 0 Å². The van der Waals surface area contributed by atoms with Gasteiger partial charge in [0.15, 0.2) is 13.0 Å².